The van der Waals surface area contributed by atoms with Crippen LogP contribution in [0.4, 0.5) is 39.9 Å². The smallest absolute Gasteiger partial charge is 0.404 e. The lowest BCUT2D eigenvalue weighted by Crippen LogP contribution is -2.56. The number of ether oxygens (including phenoxy) is 1. The van der Waals surface area contributed by atoms with Gasteiger partial charge in [0.1, 0.15) is 12.1 Å². The highest BCUT2D eigenvalue weighted by Crippen LogP contribution is 2.30. The molecule has 1 aromatic rings. The molecular formula is C24H26F8N4O6. The van der Waals surface area contributed by atoms with Crippen LogP contribution < -0.4 is 15.4 Å². The van der Waals surface area contributed by atoms with Crippen LogP contribution in [0.25, 0.3) is 0 Å². The minimum absolute atomic E-state index is 0.00644. The van der Waals surface area contributed by atoms with Crippen molar-refractivity contribution in [2.75, 3.05) is 13.1 Å². The topological polar surface area (TPSA) is 125 Å². The number of alkyl halides is 3. The molecule has 234 valence electrons. The van der Waals surface area contributed by atoms with Crippen LogP contribution in [-0.2, 0) is 19.2 Å². The molecule has 1 saturated heterocycles. The molecule has 18 heteroatoms. The Bertz CT molecular complexity index is 1230. The van der Waals surface area contributed by atoms with Gasteiger partial charge < -0.3 is 20.3 Å². The van der Waals surface area contributed by atoms with Crippen LogP contribution in [0.5, 0.6) is 5.75 Å². The second-order valence-electron chi connectivity index (χ2n) is 9.57. The fraction of sp³-hybridized carbons (Fsp3) is 0.542. The number of nitrogens with zero attached hydrogens (tertiary/aromatic N) is 2. The molecule has 1 aliphatic heterocycles. The van der Waals surface area contributed by atoms with E-state index < -0.39 is 101 Å². The van der Waals surface area contributed by atoms with Gasteiger partial charge in [-0.05, 0) is 40.5 Å². The van der Waals surface area contributed by atoms with Crippen LogP contribution in [0.15, 0.2) is 0 Å². The standard InChI is InChI=1S/C24H26F8N4O6/c1-9(2)36(23(41)42-19-17(28)15(26)14(25)16(27)18(19)29)8-13(37)12-6-5-7-35(12)21(39)11(4)33-20(38)10(3)34-22(40)24(30,31)32/h9-12H,5-8H2,1-4H3,(H,33,38)(H,34,40)/t10-,11?,12-/m0/s1. The molecule has 1 aromatic carbocycles. The van der Waals surface area contributed by atoms with E-state index in [0.29, 0.717) is 4.90 Å². The highest BCUT2D eigenvalue weighted by Gasteiger charge is 2.41. The zero-order valence-corrected chi connectivity index (χ0v) is 22.5. The van der Waals surface area contributed by atoms with E-state index in [1.165, 1.54) is 26.1 Å². The fourth-order valence-electron chi connectivity index (χ4n) is 3.91. The minimum atomic E-state index is -5.25. The molecule has 0 aliphatic carbocycles. The van der Waals surface area contributed by atoms with Crippen LogP contribution in [0.2, 0.25) is 0 Å². The number of amides is 4. The maximum Gasteiger partial charge on any atom is 0.471 e. The van der Waals surface area contributed by atoms with E-state index in [2.05, 4.69) is 10.1 Å². The van der Waals surface area contributed by atoms with Gasteiger partial charge in [-0.15, -0.1) is 0 Å². The number of ketones is 1. The summed E-state index contributed by atoms with van der Waals surface area (Å²) in [5, 5.41) is 3.56. The molecule has 2 N–H and O–H groups in total. The van der Waals surface area contributed by atoms with E-state index in [4.69, 9.17) is 0 Å². The Labute approximate surface area is 233 Å². The van der Waals surface area contributed by atoms with Gasteiger partial charge in [0.25, 0.3) is 0 Å². The van der Waals surface area contributed by atoms with Gasteiger partial charge >= 0.3 is 18.2 Å². The molecular weight excluding hydrogens is 592 g/mol. The summed E-state index contributed by atoms with van der Waals surface area (Å²) in [5.74, 6) is -19.0. The number of Topliss-reactive ketones (excluding diaryl/α,β-unsaturated/α-hetero) is 1. The van der Waals surface area contributed by atoms with Crippen molar-refractivity contribution in [1.82, 2.24) is 20.4 Å². The van der Waals surface area contributed by atoms with Crippen LogP contribution in [0.3, 0.4) is 0 Å². The quantitative estimate of drug-likeness (QED) is 0.249. The molecule has 2 rings (SSSR count). The number of carbonyl (C=O) groups excluding carboxylic acids is 5. The summed E-state index contributed by atoms with van der Waals surface area (Å²) in [7, 11) is 0. The third kappa shape index (κ3) is 7.64. The van der Waals surface area contributed by atoms with E-state index >= 15 is 0 Å². The van der Waals surface area contributed by atoms with E-state index in [1.54, 1.807) is 0 Å². The molecule has 0 radical (unpaired) electrons. The SMILES string of the molecule is CC(NC(=O)[C@H](C)NC(=O)C(F)(F)F)C(=O)N1CCC[C@H]1C(=O)CN(C(=O)Oc1c(F)c(F)c(F)c(F)c1F)C(C)C. The second-order valence-corrected chi connectivity index (χ2v) is 9.57. The zero-order valence-electron chi connectivity index (χ0n) is 22.5. The Morgan fingerprint density at radius 1 is 0.881 bits per heavy atom. The zero-order chi connectivity index (χ0) is 32.3. The van der Waals surface area contributed by atoms with Gasteiger partial charge in [-0.1, -0.05) is 0 Å². The van der Waals surface area contributed by atoms with Crippen LogP contribution in [0, 0.1) is 29.1 Å². The molecule has 0 spiro atoms. The maximum absolute atomic E-state index is 14.0. The molecule has 0 saturated carbocycles. The van der Waals surface area contributed by atoms with Crippen LogP contribution >= 0.6 is 0 Å². The number of nitrogens with one attached hydrogen (secondary N) is 2. The number of hydrogen-bond donors (Lipinski definition) is 2. The van der Waals surface area contributed by atoms with Crippen molar-refractivity contribution < 1.29 is 63.8 Å². The summed E-state index contributed by atoms with van der Waals surface area (Å²) < 4.78 is 110. The third-order valence-electron chi connectivity index (χ3n) is 6.18. The molecule has 3 atom stereocenters. The lowest BCUT2D eigenvalue weighted by Gasteiger charge is -2.30. The van der Waals surface area contributed by atoms with Crippen molar-refractivity contribution >= 4 is 29.6 Å². The summed E-state index contributed by atoms with van der Waals surface area (Å²) in [4.78, 5) is 63.6. The average Bonchev–Trinajstić information content (AvgIpc) is 3.40. The van der Waals surface area contributed by atoms with Crippen LogP contribution in [0.1, 0.15) is 40.5 Å². The summed E-state index contributed by atoms with van der Waals surface area (Å²) in [6.07, 6.45) is -6.50. The monoisotopic (exact) mass is 618 g/mol. The molecule has 1 unspecified atom stereocenters. The maximum atomic E-state index is 14.0. The first kappa shape index (κ1) is 34.2. The van der Waals surface area contributed by atoms with Crippen molar-refractivity contribution in [2.45, 2.75) is 70.9 Å². The molecule has 1 fully saturated rings. The van der Waals surface area contributed by atoms with Gasteiger partial charge in [0, 0.05) is 12.6 Å². The normalized spacial score (nSPS) is 16.6. The molecule has 4 amide bonds. The lowest BCUT2D eigenvalue weighted by molar-refractivity contribution is -0.174. The second kappa shape index (κ2) is 13.3. The van der Waals surface area contributed by atoms with Crippen molar-refractivity contribution in [3.63, 3.8) is 0 Å². The number of likely N-dealkylation sites (tertiary alicyclic amines) is 1. The first-order chi connectivity index (χ1) is 19.3. The van der Waals surface area contributed by atoms with Gasteiger partial charge in [0.2, 0.25) is 46.6 Å². The molecule has 0 bridgehead atoms. The predicted molar refractivity (Wildman–Crippen MR) is 125 cm³/mol. The Balaban J connectivity index is 2.12. The van der Waals surface area contributed by atoms with Gasteiger partial charge in [-0.25, -0.2) is 18.0 Å². The molecule has 0 aromatic heterocycles. The predicted octanol–water partition coefficient (Wildman–Crippen LogP) is 2.72. The van der Waals surface area contributed by atoms with Crippen molar-refractivity contribution in [2.24, 2.45) is 0 Å². The number of rotatable bonds is 9. The third-order valence-corrected chi connectivity index (χ3v) is 6.18. The highest BCUT2D eigenvalue weighted by atomic mass is 19.4. The van der Waals surface area contributed by atoms with Gasteiger partial charge in [0.15, 0.2) is 5.78 Å². The van der Waals surface area contributed by atoms with E-state index in [-0.39, 0.29) is 19.4 Å². The highest BCUT2D eigenvalue weighted by molar-refractivity contribution is 5.96. The van der Waals surface area contributed by atoms with Gasteiger partial charge in [-0.3, -0.25) is 24.1 Å². The molecule has 1 aliphatic rings. The van der Waals surface area contributed by atoms with Crippen LogP contribution in [-0.4, -0.2) is 82.8 Å². The molecule has 10 nitrogen and oxygen atoms in total. The summed E-state index contributed by atoms with van der Waals surface area (Å²) >= 11 is 0. The van der Waals surface area contributed by atoms with Crippen molar-refractivity contribution in [1.29, 1.82) is 0 Å². The Morgan fingerprint density at radius 2 is 1.40 bits per heavy atom. The van der Waals surface area contributed by atoms with E-state index in [9.17, 15) is 59.1 Å². The number of carbonyl (C=O) groups is 5. The lowest BCUT2D eigenvalue weighted by atomic mass is 10.1. The van der Waals surface area contributed by atoms with Gasteiger partial charge in [-0.2, -0.15) is 22.0 Å². The average molecular weight is 618 g/mol. The van der Waals surface area contributed by atoms with E-state index in [0.717, 1.165) is 11.8 Å². The largest absolute Gasteiger partial charge is 0.471 e. The summed E-state index contributed by atoms with van der Waals surface area (Å²) in [6.45, 7) is 4.01. The Morgan fingerprint density at radius 3 is 1.90 bits per heavy atom. The van der Waals surface area contributed by atoms with E-state index in [1.807, 2.05) is 0 Å². The number of benzene rings is 1. The Hall–Kier alpha value is -3.99. The first-order valence-corrected chi connectivity index (χ1v) is 12.3. The number of halogens is 8. The molecule has 1 heterocycles. The first-order valence-electron chi connectivity index (χ1n) is 12.3. The Kier molecular flexibility index (Phi) is 10.9. The summed E-state index contributed by atoms with van der Waals surface area (Å²) in [6, 6.07) is -5.12. The van der Waals surface area contributed by atoms with Crippen molar-refractivity contribution in [3.8, 4) is 5.75 Å². The summed E-state index contributed by atoms with van der Waals surface area (Å²) in [5.41, 5.74) is 0. The molecule has 42 heavy (non-hydrogen) atoms. The number of hydrogen-bond acceptors (Lipinski definition) is 6. The van der Waals surface area contributed by atoms with Gasteiger partial charge in [0.05, 0.1) is 12.6 Å². The van der Waals surface area contributed by atoms with Crippen molar-refractivity contribution in [3.05, 3.63) is 29.1 Å². The fourth-order valence-corrected chi connectivity index (χ4v) is 3.91. The minimum Gasteiger partial charge on any atom is -0.404 e.